The van der Waals surface area contributed by atoms with Crippen LogP contribution < -0.4 is 10.6 Å². The van der Waals surface area contributed by atoms with Crippen molar-refractivity contribution in [1.82, 2.24) is 20.5 Å². The van der Waals surface area contributed by atoms with E-state index in [0.717, 1.165) is 10.6 Å². The predicted octanol–water partition coefficient (Wildman–Crippen LogP) is 1.78. The van der Waals surface area contributed by atoms with Gasteiger partial charge in [0, 0.05) is 31.3 Å². The fourth-order valence-electron chi connectivity index (χ4n) is 2.98. The van der Waals surface area contributed by atoms with Crippen LogP contribution in [0.5, 0.6) is 0 Å². The van der Waals surface area contributed by atoms with Gasteiger partial charge in [-0.3, -0.25) is 19.5 Å². The van der Waals surface area contributed by atoms with E-state index in [1.807, 2.05) is 18.2 Å². The van der Waals surface area contributed by atoms with Crippen LogP contribution in [0.3, 0.4) is 0 Å². The van der Waals surface area contributed by atoms with Gasteiger partial charge in [-0.15, -0.1) is 0 Å². The summed E-state index contributed by atoms with van der Waals surface area (Å²) in [6.07, 6.45) is 2.64. The van der Waals surface area contributed by atoms with E-state index in [0.29, 0.717) is 18.5 Å². The molecule has 4 amide bonds. The molecule has 1 aromatic carbocycles. The summed E-state index contributed by atoms with van der Waals surface area (Å²) < 4.78 is 13.3. The van der Waals surface area contributed by atoms with Crippen molar-refractivity contribution in [3.63, 3.8) is 0 Å². The Kier molecular flexibility index (Phi) is 6.31. The summed E-state index contributed by atoms with van der Waals surface area (Å²) in [5, 5.41) is 5.36. The highest BCUT2D eigenvalue weighted by Crippen LogP contribution is 2.15. The van der Waals surface area contributed by atoms with Crippen LogP contribution in [0.25, 0.3) is 0 Å². The van der Waals surface area contributed by atoms with Gasteiger partial charge in [-0.05, 0) is 36.2 Å². The third kappa shape index (κ3) is 5.12. The van der Waals surface area contributed by atoms with Crippen molar-refractivity contribution < 1.29 is 18.8 Å². The summed E-state index contributed by atoms with van der Waals surface area (Å²) in [6, 6.07) is 10.1. The van der Waals surface area contributed by atoms with E-state index < -0.39 is 23.8 Å². The van der Waals surface area contributed by atoms with E-state index in [2.05, 4.69) is 15.6 Å². The molecule has 1 atom stereocenters. The van der Waals surface area contributed by atoms with Crippen LogP contribution in [0, 0.1) is 5.82 Å². The Hall–Kier alpha value is -3.29. The third-order valence-electron chi connectivity index (χ3n) is 4.43. The quantitative estimate of drug-likeness (QED) is 0.679. The second kappa shape index (κ2) is 9.07. The molecule has 28 heavy (non-hydrogen) atoms. The summed E-state index contributed by atoms with van der Waals surface area (Å²) in [5.74, 6) is -1.03. The molecule has 2 heterocycles. The van der Waals surface area contributed by atoms with Crippen LogP contribution >= 0.6 is 0 Å². The number of carbonyl (C=O) groups excluding carboxylic acids is 3. The summed E-state index contributed by atoms with van der Waals surface area (Å²) in [4.78, 5) is 41.7. The van der Waals surface area contributed by atoms with E-state index in [4.69, 9.17) is 0 Å². The van der Waals surface area contributed by atoms with Crippen LogP contribution in [0.15, 0.2) is 48.7 Å². The SMILES string of the molecule is O=C(CCC1NC(=O)N(Cc2cccc(F)c2)C1=O)NCCc1ccccn1. The molecule has 2 aromatic rings. The molecule has 0 aliphatic carbocycles. The molecule has 1 aliphatic rings. The number of rotatable bonds is 8. The highest BCUT2D eigenvalue weighted by atomic mass is 19.1. The lowest BCUT2D eigenvalue weighted by atomic mass is 10.1. The minimum Gasteiger partial charge on any atom is -0.356 e. The van der Waals surface area contributed by atoms with Gasteiger partial charge in [0.1, 0.15) is 11.9 Å². The van der Waals surface area contributed by atoms with Crippen molar-refractivity contribution in [3.8, 4) is 0 Å². The first-order valence-electron chi connectivity index (χ1n) is 9.06. The molecule has 1 unspecified atom stereocenters. The van der Waals surface area contributed by atoms with E-state index in [9.17, 15) is 18.8 Å². The Balaban J connectivity index is 1.44. The van der Waals surface area contributed by atoms with Crippen LogP contribution in [0.1, 0.15) is 24.1 Å². The third-order valence-corrected chi connectivity index (χ3v) is 4.43. The Morgan fingerprint density at radius 1 is 1.21 bits per heavy atom. The molecule has 7 nitrogen and oxygen atoms in total. The van der Waals surface area contributed by atoms with Crippen molar-refractivity contribution in [2.24, 2.45) is 0 Å². The molecule has 3 rings (SSSR count). The average Bonchev–Trinajstić information content (AvgIpc) is 2.95. The molecule has 0 saturated carbocycles. The van der Waals surface area contributed by atoms with Gasteiger partial charge in [0.2, 0.25) is 5.91 Å². The summed E-state index contributed by atoms with van der Waals surface area (Å²) >= 11 is 0. The number of hydrogen-bond acceptors (Lipinski definition) is 4. The number of nitrogens with one attached hydrogen (secondary N) is 2. The molecule has 1 fully saturated rings. The molecule has 0 bridgehead atoms. The molecular weight excluding hydrogens is 363 g/mol. The summed E-state index contributed by atoms with van der Waals surface area (Å²) in [5.41, 5.74) is 1.41. The van der Waals surface area contributed by atoms with E-state index in [1.165, 1.54) is 18.2 Å². The summed E-state index contributed by atoms with van der Waals surface area (Å²) in [7, 11) is 0. The largest absolute Gasteiger partial charge is 0.356 e. The molecule has 1 aromatic heterocycles. The van der Waals surface area contributed by atoms with Crippen LogP contribution in [-0.4, -0.2) is 40.3 Å². The minimum atomic E-state index is -0.748. The number of aromatic nitrogens is 1. The normalized spacial score (nSPS) is 16.2. The number of benzene rings is 1. The fraction of sp³-hybridized carbons (Fsp3) is 0.300. The molecule has 0 spiro atoms. The predicted molar refractivity (Wildman–Crippen MR) is 99.5 cm³/mol. The highest BCUT2D eigenvalue weighted by molar-refractivity contribution is 6.04. The van der Waals surface area contributed by atoms with Crippen molar-refractivity contribution in [1.29, 1.82) is 0 Å². The first-order chi connectivity index (χ1) is 13.5. The number of carbonyl (C=O) groups is 3. The topological polar surface area (TPSA) is 91.4 Å². The van der Waals surface area contributed by atoms with Gasteiger partial charge in [0.05, 0.1) is 6.54 Å². The molecule has 8 heteroatoms. The standard InChI is InChI=1S/C20H21FN4O3/c21-15-5-3-4-14(12-15)13-25-19(27)17(24-20(25)28)7-8-18(26)23-11-9-16-6-1-2-10-22-16/h1-6,10,12,17H,7-9,11,13H2,(H,23,26)(H,24,28). The lowest BCUT2D eigenvalue weighted by molar-refractivity contribution is -0.128. The lowest BCUT2D eigenvalue weighted by Crippen LogP contribution is -2.33. The second-order valence-corrected chi connectivity index (χ2v) is 6.52. The minimum absolute atomic E-state index is 0.00476. The first kappa shape index (κ1) is 19.5. The molecular formula is C20H21FN4O3. The number of imide groups is 1. The Morgan fingerprint density at radius 2 is 2.07 bits per heavy atom. The van der Waals surface area contributed by atoms with Gasteiger partial charge in [-0.1, -0.05) is 18.2 Å². The van der Waals surface area contributed by atoms with Crippen LogP contribution in [0.2, 0.25) is 0 Å². The van der Waals surface area contributed by atoms with Gasteiger partial charge < -0.3 is 10.6 Å². The molecule has 2 N–H and O–H groups in total. The number of nitrogens with zero attached hydrogens (tertiary/aromatic N) is 2. The van der Waals surface area contributed by atoms with E-state index >= 15 is 0 Å². The number of halogens is 1. The summed E-state index contributed by atoms with van der Waals surface area (Å²) in [6.45, 7) is 0.446. The highest BCUT2D eigenvalue weighted by Gasteiger charge is 2.37. The first-order valence-corrected chi connectivity index (χ1v) is 9.06. The van der Waals surface area contributed by atoms with Gasteiger partial charge in [0.25, 0.3) is 5.91 Å². The fourth-order valence-corrected chi connectivity index (χ4v) is 2.98. The number of pyridine rings is 1. The number of amides is 4. The maximum atomic E-state index is 13.3. The van der Waals surface area contributed by atoms with E-state index in [-0.39, 0.29) is 25.3 Å². The Bertz CT molecular complexity index is 860. The molecule has 146 valence electrons. The number of urea groups is 1. The Labute approximate surface area is 161 Å². The Morgan fingerprint density at radius 3 is 2.82 bits per heavy atom. The van der Waals surface area contributed by atoms with E-state index in [1.54, 1.807) is 12.3 Å². The van der Waals surface area contributed by atoms with Gasteiger partial charge >= 0.3 is 6.03 Å². The molecule has 0 radical (unpaired) electrons. The number of hydrogen-bond donors (Lipinski definition) is 2. The zero-order valence-corrected chi connectivity index (χ0v) is 15.2. The van der Waals surface area contributed by atoms with Gasteiger partial charge in [0.15, 0.2) is 0 Å². The van der Waals surface area contributed by atoms with Gasteiger partial charge in [-0.25, -0.2) is 9.18 Å². The zero-order chi connectivity index (χ0) is 19.9. The van der Waals surface area contributed by atoms with Crippen LogP contribution in [-0.2, 0) is 22.6 Å². The maximum Gasteiger partial charge on any atom is 0.325 e. The average molecular weight is 384 g/mol. The monoisotopic (exact) mass is 384 g/mol. The molecule has 1 aliphatic heterocycles. The van der Waals surface area contributed by atoms with Crippen molar-refractivity contribution in [3.05, 3.63) is 65.7 Å². The smallest absolute Gasteiger partial charge is 0.325 e. The van der Waals surface area contributed by atoms with Crippen LogP contribution in [0.4, 0.5) is 9.18 Å². The second-order valence-electron chi connectivity index (χ2n) is 6.52. The molecule has 1 saturated heterocycles. The lowest BCUT2D eigenvalue weighted by Gasteiger charge is -2.13. The van der Waals surface area contributed by atoms with Gasteiger partial charge in [-0.2, -0.15) is 0 Å². The van der Waals surface area contributed by atoms with Crippen molar-refractivity contribution in [2.45, 2.75) is 31.8 Å². The van der Waals surface area contributed by atoms with Crippen molar-refractivity contribution >= 4 is 17.8 Å². The zero-order valence-electron chi connectivity index (χ0n) is 15.2. The van der Waals surface area contributed by atoms with Crippen molar-refractivity contribution in [2.75, 3.05) is 6.54 Å². The maximum absolute atomic E-state index is 13.3.